The fourth-order valence-electron chi connectivity index (χ4n) is 1.40. The first-order valence-electron chi connectivity index (χ1n) is 5.55. The highest BCUT2D eigenvalue weighted by Crippen LogP contribution is 2.12. The molecule has 1 saturated heterocycles. The zero-order valence-corrected chi connectivity index (χ0v) is 10.5. The van der Waals surface area contributed by atoms with Gasteiger partial charge in [-0.15, -0.1) is 0 Å². The SMILES string of the molecule is CC(C)(C)OC(=O)C(=O)OC(=O)[C@H]1C[C@@H](F)CN1. The zero-order valence-electron chi connectivity index (χ0n) is 10.5. The van der Waals surface area contributed by atoms with E-state index in [9.17, 15) is 18.8 Å². The van der Waals surface area contributed by atoms with E-state index in [4.69, 9.17) is 4.74 Å². The second kappa shape index (κ2) is 5.43. The average Bonchev–Trinajstić information content (AvgIpc) is 2.62. The average molecular weight is 261 g/mol. The maximum absolute atomic E-state index is 12.8. The standard InChI is InChI=1S/C11H16FNO5/c1-11(2,3)18-10(16)9(15)17-8(14)7-4-6(12)5-13-7/h6-7,13H,4-5H2,1-3H3/t6-,7-/m1/s1. The van der Waals surface area contributed by atoms with Crippen LogP contribution >= 0.6 is 0 Å². The Bertz CT molecular complexity index is 363. The highest BCUT2D eigenvalue weighted by Gasteiger charge is 2.34. The van der Waals surface area contributed by atoms with E-state index in [-0.39, 0.29) is 13.0 Å². The molecule has 7 heteroatoms. The molecule has 0 unspecified atom stereocenters. The van der Waals surface area contributed by atoms with E-state index < -0.39 is 35.7 Å². The summed E-state index contributed by atoms with van der Waals surface area (Å²) >= 11 is 0. The van der Waals surface area contributed by atoms with Gasteiger partial charge in [0, 0.05) is 13.0 Å². The molecule has 0 radical (unpaired) electrons. The van der Waals surface area contributed by atoms with Gasteiger partial charge in [-0.25, -0.2) is 18.8 Å². The van der Waals surface area contributed by atoms with Crippen molar-refractivity contribution in [2.75, 3.05) is 6.54 Å². The number of alkyl halides is 1. The Balaban J connectivity index is 2.45. The van der Waals surface area contributed by atoms with Crippen molar-refractivity contribution in [2.24, 2.45) is 0 Å². The third-order valence-electron chi connectivity index (χ3n) is 2.12. The van der Waals surface area contributed by atoms with Gasteiger partial charge in [-0.05, 0) is 20.8 Å². The second-order valence-electron chi connectivity index (χ2n) is 5.00. The lowest BCUT2D eigenvalue weighted by atomic mass is 10.2. The van der Waals surface area contributed by atoms with E-state index in [1.165, 1.54) is 0 Å². The van der Waals surface area contributed by atoms with Crippen molar-refractivity contribution < 1.29 is 28.2 Å². The molecule has 102 valence electrons. The summed E-state index contributed by atoms with van der Waals surface area (Å²) in [5.41, 5.74) is -0.852. The predicted molar refractivity (Wildman–Crippen MR) is 58.2 cm³/mol. The Morgan fingerprint density at radius 3 is 2.28 bits per heavy atom. The lowest BCUT2D eigenvalue weighted by molar-refractivity contribution is -0.179. The van der Waals surface area contributed by atoms with Crippen LogP contribution in [0.25, 0.3) is 0 Å². The number of esters is 3. The number of nitrogens with one attached hydrogen (secondary N) is 1. The molecule has 0 aromatic heterocycles. The Hall–Kier alpha value is -1.50. The summed E-state index contributed by atoms with van der Waals surface area (Å²) in [5.74, 6) is -3.60. The maximum Gasteiger partial charge on any atom is 0.425 e. The van der Waals surface area contributed by atoms with Crippen LogP contribution in [0, 0.1) is 0 Å². The lowest BCUT2D eigenvalue weighted by Crippen LogP contribution is -2.37. The quantitative estimate of drug-likeness (QED) is 0.409. The number of ether oxygens (including phenoxy) is 2. The van der Waals surface area contributed by atoms with Gasteiger partial charge in [0.15, 0.2) is 0 Å². The van der Waals surface area contributed by atoms with E-state index in [1.807, 2.05) is 0 Å². The molecule has 2 atom stereocenters. The molecule has 0 aromatic carbocycles. The minimum atomic E-state index is -1.39. The molecule has 1 rings (SSSR count). The Kier molecular flexibility index (Phi) is 4.39. The van der Waals surface area contributed by atoms with Gasteiger partial charge in [0.05, 0.1) is 0 Å². The summed E-state index contributed by atoms with van der Waals surface area (Å²) < 4.78 is 21.8. The first kappa shape index (κ1) is 14.6. The van der Waals surface area contributed by atoms with Crippen molar-refractivity contribution in [3.63, 3.8) is 0 Å². The molecule has 0 amide bonds. The highest BCUT2D eigenvalue weighted by molar-refractivity contribution is 6.31. The van der Waals surface area contributed by atoms with E-state index in [0.717, 1.165) is 0 Å². The van der Waals surface area contributed by atoms with Crippen LogP contribution in [-0.2, 0) is 23.9 Å². The molecular weight excluding hydrogens is 245 g/mol. The fourth-order valence-corrected chi connectivity index (χ4v) is 1.40. The van der Waals surface area contributed by atoms with Gasteiger partial charge in [0.2, 0.25) is 0 Å². The van der Waals surface area contributed by atoms with Gasteiger partial charge < -0.3 is 14.8 Å². The van der Waals surface area contributed by atoms with Gasteiger partial charge in [0.25, 0.3) is 0 Å². The monoisotopic (exact) mass is 261 g/mol. The van der Waals surface area contributed by atoms with E-state index in [0.29, 0.717) is 0 Å². The third-order valence-corrected chi connectivity index (χ3v) is 2.12. The van der Waals surface area contributed by atoms with Crippen molar-refractivity contribution in [1.29, 1.82) is 0 Å². The largest absolute Gasteiger partial charge is 0.452 e. The van der Waals surface area contributed by atoms with Crippen LogP contribution < -0.4 is 5.32 Å². The van der Waals surface area contributed by atoms with Gasteiger partial charge in [-0.1, -0.05) is 0 Å². The summed E-state index contributed by atoms with van der Waals surface area (Å²) in [6.07, 6.45) is -1.22. The molecule has 0 spiro atoms. The van der Waals surface area contributed by atoms with Gasteiger partial charge in [-0.2, -0.15) is 0 Å². The summed E-state index contributed by atoms with van der Waals surface area (Å²) in [7, 11) is 0. The molecule has 0 aliphatic carbocycles. The van der Waals surface area contributed by atoms with Crippen LogP contribution in [0.3, 0.4) is 0 Å². The van der Waals surface area contributed by atoms with Gasteiger partial charge in [0.1, 0.15) is 17.8 Å². The van der Waals surface area contributed by atoms with Crippen LogP contribution in [0.4, 0.5) is 4.39 Å². The summed E-state index contributed by atoms with van der Waals surface area (Å²) in [5, 5.41) is 2.54. The molecule has 1 heterocycles. The van der Waals surface area contributed by atoms with Crippen molar-refractivity contribution in [3.8, 4) is 0 Å². The lowest BCUT2D eigenvalue weighted by Gasteiger charge is -2.18. The number of rotatable bonds is 1. The molecule has 0 saturated carbocycles. The number of hydrogen-bond donors (Lipinski definition) is 1. The minimum absolute atomic E-state index is 0.0282. The zero-order chi connectivity index (χ0) is 13.9. The topological polar surface area (TPSA) is 81.7 Å². The van der Waals surface area contributed by atoms with E-state index in [2.05, 4.69) is 10.1 Å². The first-order valence-corrected chi connectivity index (χ1v) is 5.55. The molecule has 6 nitrogen and oxygen atoms in total. The molecule has 1 N–H and O–H groups in total. The third kappa shape index (κ3) is 4.40. The van der Waals surface area contributed by atoms with Crippen molar-refractivity contribution in [1.82, 2.24) is 5.32 Å². The van der Waals surface area contributed by atoms with Crippen LogP contribution in [0.5, 0.6) is 0 Å². The normalized spacial score (nSPS) is 23.6. The van der Waals surface area contributed by atoms with Gasteiger partial charge >= 0.3 is 17.9 Å². The first-order chi connectivity index (χ1) is 8.19. The number of carbonyl (C=O) groups is 3. The number of hydrogen-bond acceptors (Lipinski definition) is 6. The molecule has 1 aliphatic heterocycles. The molecule has 18 heavy (non-hydrogen) atoms. The minimum Gasteiger partial charge on any atom is -0.452 e. The van der Waals surface area contributed by atoms with E-state index in [1.54, 1.807) is 20.8 Å². The Morgan fingerprint density at radius 1 is 1.22 bits per heavy atom. The molecular formula is C11H16FNO5. The second-order valence-corrected chi connectivity index (χ2v) is 5.00. The molecule has 1 fully saturated rings. The Labute approximate surface area is 104 Å². The number of halogens is 1. The predicted octanol–water partition coefficient (Wildman–Crippen LogP) is 0.0979. The summed E-state index contributed by atoms with van der Waals surface area (Å²) in [4.78, 5) is 33.9. The van der Waals surface area contributed by atoms with Crippen LogP contribution in [0.15, 0.2) is 0 Å². The van der Waals surface area contributed by atoms with Gasteiger partial charge in [-0.3, -0.25) is 0 Å². The molecule has 0 aromatic rings. The van der Waals surface area contributed by atoms with E-state index >= 15 is 0 Å². The summed E-state index contributed by atoms with van der Waals surface area (Å²) in [6.45, 7) is 4.76. The molecule has 1 aliphatic rings. The van der Waals surface area contributed by atoms with Crippen LogP contribution in [-0.4, -0.2) is 42.3 Å². The maximum atomic E-state index is 12.8. The highest BCUT2D eigenvalue weighted by atomic mass is 19.1. The molecule has 0 bridgehead atoms. The fraction of sp³-hybridized carbons (Fsp3) is 0.727. The summed E-state index contributed by atoms with van der Waals surface area (Å²) in [6, 6.07) is -0.897. The van der Waals surface area contributed by atoms with Crippen LogP contribution in [0.2, 0.25) is 0 Å². The number of carbonyl (C=O) groups excluding carboxylic acids is 3. The van der Waals surface area contributed by atoms with Crippen molar-refractivity contribution >= 4 is 17.9 Å². The van der Waals surface area contributed by atoms with Crippen LogP contribution in [0.1, 0.15) is 27.2 Å². The smallest absolute Gasteiger partial charge is 0.425 e. The Morgan fingerprint density at radius 2 is 1.83 bits per heavy atom. The van der Waals surface area contributed by atoms with Crippen molar-refractivity contribution in [2.45, 2.75) is 45.0 Å². The van der Waals surface area contributed by atoms with Crippen molar-refractivity contribution in [3.05, 3.63) is 0 Å².